The van der Waals surface area contributed by atoms with Crippen LogP contribution in [0.1, 0.15) is 11.1 Å². The molecule has 0 heterocycles. The van der Waals surface area contributed by atoms with Crippen molar-refractivity contribution < 1.29 is 4.39 Å². The zero-order chi connectivity index (χ0) is 17.5. The zero-order valence-electron chi connectivity index (χ0n) is 13.9. The lowest BCUT2D eigenvalue weighted by Gasteiger charge is -2.06. The average Bonchev–Trinajstić information content (AvgIpc) is 2.62. The van der Waals surface area contributed by atoms with Gasteiger partial charge in [0.25, 0.3) is 0 Å². The molecule has 25 heavy (non-hydrogen) atoms. The van der Waals surface area contributed by atoms with Crippen LogP contribution >= 0.6 is 11.8 Å². The lowest BCUT2D eigenvalue weighted by atomic mass is 10.0. The van der Waals surface area contributed by atoms with E-state index in [2.05, 4.69) is 19.1 Å². The van der Waals surface area contributed by atoms with Gasteiger partial charge in [0.2, 0.25) is 0 Å². The lowest BCUT2D eigenvalue weighted by Crippen LogP contribution is -1.99. The van der Waals surface area contributed by atoms with E-state index in [1.54, 1.807) is 6.07 Å². The van der Waals surface area contributed by atoms with E-state index in [0.717, 1.165) is 27.4 Å². The molecule has 0 aliphatic carbocycles. The van der Waals surface area contributed by atoms with E-state index < -0.39 is 0 Å². The molecule has 0 saturated carbocycles. The lowest BCUT2D eigenvalue weighted by molar-refractivity contribution is 0.624. The summed E-state index contributed by atoms with van der Waals surface area (Å²) in [5.41, 5.74) is 4.04. The van der Waals surface area contributed by atoms with E-state index in [0.29, 0.717) is 0 Å². The van der Waals surface area contributed by atoms with Gasteiger partial charge in [-0.05, 0) is 54.3 Å². The number of aliphatic imine (C=N–C) groups is 1. The standard InChI is InChI=1S/C22H18FNS/c1-17-8-5-6-13-21(17)22(24-19-10-3-2-4-11-19)14-15-25-20-12-7-9-18(23)16-20/h2-16H,1H3. The fourth-order valence-corrected chi connectivity index (χ4v) is 3.10. The molecule has 0 atom stereocenters. The van der Waals surface area contributed by atoms with Crippen molar-refractivity contribution in [2.75, 3.05) is 0 Å². The van der Waals surface area contributed by atoms with Crippen LogP contribution in [-0.2, 0) is 0 Å². The van der Waals surface area contributed by atoms with Gasteiger partial charge in [-0.25, -0.2) is 9.38 Å². The molecule has 0 spiro atoms. The molecule has 0 saturated heterocycles. The Kier molecular flexibility index (Phi) is 5.81. The van der Waals surface area contributed by atoms with Crippen LogP contribution in [0.4, 0.5) is 10.1 Å². The molecule has 124 valence electrons. The number of hydrogen-bond acceptors (Lipinski definition) is 2. The molecule has 0 N–H and O–H groups in total. The van der Waals surface area contributed by atoms with Gasteiger partial charge < -0.3 is 0 Å². The van der Waals surface area contributed by atoms with Crippen molar-refractivity contribution in [1.82, 2.24) is 0 Å². The number of para-hydroxylation sites is 1. The summed E-state index contributed by atoms with van der Waals surface area (Å²) < 4.78 is 13.3. The van der Waals surface area contributed by atoms with E-state index >= 15 is 0 Å². The first-order valence-corrected chi connectivity index (χ1v) is 8.89. The Bertz CT molecular complexity index is 901. The summed E-state index contributed by atoms with van der Waals surface area (Å²) >= 11 is 1.47. The van der Waals surface area contributed by atoms with Crippen LogP contribution in [-0.4, -0.2) is 5.71 Å². The summed E-state index contributed by atoms with van der Waals surface area (Å²) in [6, 6.07) is 24.6. The molecular weight excluding hydrogens is 329 g/mol. The second kappa shape index (κ2) is 8.45. The summed E-state index contributed by atoms with van der Waals surface area (Å²) in [5.74, 6) is -0.226. The predicted octanol–water partition coefficient (Wildman–Crippen LogP) is 6.56. The molecule has 0 amide bonds. The molecule has 0 bridgehead atoms. The van der Waals surface area contributed by atoms with Gasteiger partial charge in [-0.1, -0.05) is 60.3 Å². The highest BCUT2D eigenvalue weighted by Crippen LogP contribution is 2.22. The topological polar surface area (TPSA) is 12.4 Å². The fourth-order valence-electron chi connectivity index (χ4n) is 2.41. The number of benzene rings is 3. The zero-order valence-corrected chi connectivity index (χ0v) is 14.7. The SMILES string of the molecule is Cc1ccccc1C(C=CSc1cccc(F)c1)=Nc1ccccc1. The second-order valence-electron chi connectivity index (χ2n) is 5.53. The van der Waals surface area contributed by atoms with Crippen molar-refractivity contribution in [3.05, 3.63) is 107 Å². The monoisotopic (exact) mass is 347 g/mol. The minimum atomic E-state index is -0.226. The first-order valence-electron chi connectivity index (χ1n) is 8.01. The summed E-state index contributed by atoms with van der Waals surface area (Å²) in [4.78, 5) is 5.64. The number of halogens is 1. The minimum Gasteiger partial charge on any atom is -0.248 e. The van der Waals surface area contributed by atoms with Gasteiger partial charge in [0, 0.05) is 10.5 Å². The van der Waals surface area contributed by atoms with Crippen LogP contribution in [0.2, 0.25) is 0 Å². The van der Waals surface area contributed by atoms with Crippen molar-refractivity contribution >= 4 is 23.2 Å². The first kappa shape index (κ1) is 17.2. The van der Waals surface area contributed by atoms with Crippen LogP contribution in [0.3, 0.4) is 0 Å². The highest BCUT2D eigenvalue weighted by molar-refractivity contribution is 8.02. The third-order valence-corrected chi connectivity index (χ3v) is 4.45. The summed E-state index contributed by atoms with van der Waals surface area (Å²) in [7, 11) is 0. The number of thioether (sulfide) groups is 1. The number of aryl methyl sites for hydroxylation is 1. The predicted molar refractivity (Wildman–Crippen MR) is 105 cm³/mol. The fraction of sp³-hybridized carbons (Fsp3) is 0.0455. The maximum atomic E-state index is 13.3. The molecule has 3 rings (SSSR count). The van der Waals surface area contributed by atoms with Crippen LogP contribution in [0.15, 0.2) is 100 Å². The van der Waals surface area contributed by atoms with E-state index in [-0.39, 0.29) is 5.82 Å². The van der Waals surface area contributed by atoms with Crippen molar-refractivity contribution in [3.63, 3.8) is 0 Å². The molecule has 0 aliphatic heterocycles. The average molecular weight is 347 g/mol. The Morgan fingerprint density at radius 2 is 1.68 bits per heavy atom. The van der Waals surface area contributed by atoms with E-state index in [1.807, 2.05) is 60.0 Å². The molecular formula is C22H18FNS. The van der Waals surface area contributed by atoms with Crippen LogP contribution in [0.5, 0.6) is 0 Å². The highest BCUT2D eigenvalue weighted by Gasteiger charge is 2.04. The summed E-state index contributed by atoms with van der Waals surface area (Å²) in [5, 5.41) is 1.95. The van der Waals surface area contributed by atoms with Gasteiger partial charge in [-0.2, -0.15) is 0 Å². The van der Waals surface area contributed by atoms with E-state index in [9.17, 15) is 4.39 Å². The Balaban J connectivity index is 1.90. The minimum absolute atomic E-state index is 0.226. The van der Waals surface area contributed by atoms with Crippen molar-refractivity contribution in [2.45, 2.75) is 11.8 Å². The molecule has 0 aromatic heterocycles. The quantitative estimate of drug-likeness (QED) is 0.376. The van der Waals surface area contributed by atoms with Crippen molar-refractivity contribution in [1.29, 1.82) is 0 Å². The third kappa shape index (κ3) is 4.91. The number of nitrogens with zero attached hydrogens (tertiary/aromatic N) is 1. The number of hydrogen-bond donors (Lipinski definition) is 0. The third-order valence-electron chi connectivity index (χ3n) is 3.65. The molecule has 3 aromatic carbocycles. The van der Waals surface area contributed by atoms with Crippen molar-refractivity contribution in [2.24, 2.45) is 4.99 Å². The molecule has 0 aliphatic rings. The number of allylic oxidation sites excluding steroid dienone is 1. The molecule has 0 fully saturated rings. The second-order valence-corrected chi connectivity index (χ2v) is 6.50. The summed E-state index contributed by atoms with van der Waals surface area (Å²) in [6.07, 6.45) is 1.98. The molecule has 0 unspecified atom stereocenters. The highest BCUT2D eigenvalue weighted by atomic mass is 32.2. The maximum absolute atomic E-state index is 13.3. The maximum Gasteiger partial charge on any atom is 0.124 e. The van der Waals surface area contributed by atoms with Gasteiger partial charge in [-0.15, -0.1) is 0 Å². The number of rotatable bonds is 5. The van der Waals surface area contributed by atoms with Gasteiger partial charge in [0.15, 0.2) is 0 Å². The largest absolute Gasteiger partial charge is 0.248 e. The van der Waals surface area contributed by atoms with Crippen LogP contribution in [0, 0.1) is 12.7 Å². The van der Waals surface area contributed by atoms with Gasteiger partial charge in [0.1, 0.15) is 5.82 Å². The molecule has 3 aromatic rings. The Hall–Kier alpha value is -2.65. The molecule has 0 radical (unpaired) electrons. The van der Waals surface area contributed by atoms with E-state index in [1.165, 1.54) is 23.9 Å². The molecule has 3 heteroatoms. The van der Waals surface area contributed by atoms with Gasteiger partial charge in [0.05, 0.1) is 11.4 Å². The Morgan fingerprint density at radius 1 is 0.920 bits per heavy atom. The van der Waals surface area contributed by atoms with Crippen LogP contribution < -0.4 is 0 Å². The van der Waals surface area contributed by atoms with E-state index in [4.69, 9.17) is 4.99 Å². The Labute approximate surface area is 151 Å². The van der Waals surface area contributed by atoms with Gasteiger partial charge >= 0.3 is 0 Å². The molecule has 1 nitrogen and oxygen atoms in total. The summed E-state index contributed by atoms with van der Waals surface area (Å²) in [6.45, 7) is 2.07. The smallest absolute Gasteiger partial charge is 0.124 e. The Morgan fingerprint density at radius 3 is 2.44 bits per heavy atom. The van der Waals surface area contributed by atoms with Crippen molar-refractivity contribution in [3.8, 4) is 0 Å². The normalized spacial score (nSPS) is 11.8. The van der Waals surface area contributed by atoms with Gasteiger partial charge in [-0.3, -0.25) is 0 Å². The first-order chi connectivity index (χ1) is 12.2. The van der Waals surface area contributed by atoms with Crippen LogP contribution in [0.25, 0.3) is 0 Å².